The number of ether oxygens (including phenoxy) is 1. The number of methoxy groups -OCH3 is 1. The molecule has 0 unspecified atom stereocenters. The molecule has 6 nitrogen and oxygen atoms in total. The Morgan fingerprint density at radius 1 is 1.03 bits per heavy atom. The molecule has 8 heteroatoms. The molecule has 0 aliphatic carbocycles. The van der Waals surface area contributed by atoms with Gasteiger partial charge in [0.15, 0.2) is 0 Å². The summed E-state index contributed by atoms with van der Waals surface area (Å²) in [6.45, 7) is 2.13. The minimum absolute atomic E-state index is 0.0845. The predicted octanol–water partition coefficient (Wildman–Crippen LogP) is 3.44. The lowest BCUT2D eigenvalue weighted by Crippen LogP contribution is -2.34. The number of hydrogen-bond donors (Lipinski definition) is 2. The van der Waals surface area contributed by atoms with E-state index in [2.05, 4.69) is 10.0 Å². The molecule has 0 fully saturated rings. The second-order valence-corrected chi connectivity index (χ2v) is 9.16. The Kier molecular flexibility index (Phi) is 6.68. The first-order valence-corrected chi connectivity index (χ1v) is 11.3. The Hall–Kier alpha value is -2.68. The van der Waals surface area contributed by atoms with E-state index < -0.39 is 10.0 Å². The van der Waals surface area contributed by atoms with Gasteiger partial charge in [0, 0.05) is 18.0 Å². The highest BCUT2D eigenvalue weighted by Gasteiger charge is 2.18. The fraction of sp³-hybridized carbons (Fsp3) is 0.190. The number of rotatable bonds is 8. The van der Waals surface area contributed by atoms with Gasteiger partial charge in [0.2, 0.25) is 10.0 Å². The molecule has 3 aromatic rings. The quantitative estimate of drug-likeness (QED) is 0.536. The zero-order valence-corrected chi connectivity index (χ0v) is 17.8. The Morgan fingerprint density at radius 2 is 1.72 bits per heavy atom. The maximum absolute atomic E-state index is 12.5. The Balaban J connectivity index is 1.60. The third-order valence-corrected chi connectivity index (χ3v) is 6.86. The molecule has 0 saturated heterocycles. The van der Waals surface area contributed by atoms with E-state index >= 15 is 0 Å². The van der Waals surface area contributed by atoms with E-state index in [9.17, 15) is 13.2 Å². The molecule has 0 aliphatic rings. The minimum atomic E-state index is -3.61. The summed E-state index contributed by atoms with van der Waals surface area (Å²) in [5.41, 5.74) is 1.98. The molecule has 29 heavy (non-hydrogen) atoms. The summed E-state index contributed by atoms with van der Waals surface area (Å²) in [5, 5.41) is 2.74. The molecule has 2 aromatic carbocycles. The van der Waals surface area contributed by atoms with Crippen LogP contribution in [-0.2, 0) is 10.0 Å². The number of benzene rings is 2. The normalized spacial score (nSPS) is 11.2. The van der Waals surface area contributed by atoms with Crippen LogP contribution in [0.15, 0.2) is 65.6 Å². The van der Waals surface area contributed by atoms with E-state index in [-0.39, 0.29) is 23.9 Å². The standard InChI is InChI=1S/C21H22N2O4S2/c1-15-8-10-17(11-9-15)29(25,26)23-13-12-22-21(24)20-18(27-2)14-19(28-20)16-6-4-3-5-7-16/h3-11,14,23H,12-13H2,1-2H3,(H,22,24). The molecule has 0 bridgehead atoms. The molecule has 0 spiro atoms. The number of hydrogen-bond acceptors (Lipinski definition) is 5. The molecule has 0 atom stereocenters. The van der Waals surface area contributed by atoms with Gasteiger partial charge in [0.25, 0.3) is 5.91 Å². The van der Waals surface area contributed by atoms with Gasteiger partial charge in [-0.15, -0.1) is 11.3 Å². The van der Waals surface area contributed by atoms with Crippen LogP contribution in [0.4, 0.5) is 0 Å². The minimum Gasteiger partial charge on any atom is -0.495 e. The first-order chi connectivity index (χ1) is 13.9. The predicted molar refractivity (Wildman–Crippen MR) is 115 cm³/mol. The van der Waals surface area contributed by atoms with E-state index in [0.29, 0.717) is 10.6 Å². The first-order valence-electron chi connectivity index (χ1n) is 8.98. The van der Waals surface area contributed by atoms with Crippen LogP contribution >= 0.6 is 11.3 Å². The third kappa shape index (κ3) is 5.23. The van der Waals surface area contributed by atoms with Gasteiger partial charge in [0.1, 0.15) is 10.6 Å². The average molecular weight is 431 g/mol. The molecular formula is C21H22N2O4S2. The SMILES string of the molecule is COc1cc(-c2ccccc2)sc1C(=O)NCCNS(=O)(=O)c1ccc(C)cc1. The van der Waals surface area contributed by atoms with Gasteiger partial charge in [-0.25, -0.2) is 13.1 Å². The lowest BCUT2D eigenvalue weighted by Gasteiger charge is -2.08. The lowest BCUT2D eigenvalue weighted by atomic mass is 10.2. The van der Waals surface area contributed by atoms with Crippen LogP contribution in [0.1, 0.15) is 15.2 Å². The average Bonchev–Trinajstić information content (AvgIpc) is 3.17. The van der Waals surface area contributed by atoms with Gasteiger partial charge in [-0.3, -0.25) is 4.79 Å². The van der Waals surface area contributed by atoms with Gasteiger partial charge in [-0.05, 0) is 30.7 Å². The van der Waals surface area contributed by atoms with Crippen molar-refractivity contribution in [1.29, 1.82) is 0 Å². The van der Waals surface area contributed by atoms with Crippen molar-refractivity contribution in [2.24, 2.45) is 0 Å². The fourth-order valence-corrected chi connectivity index (χ4v) is 4.75. The summed E-state index contributed by atoms with van der Waals surface area (Å²) in [7, 11) is -2.09. The molecule has 0 saturated carbocycles. The number of sulfonamides is 1. The van der Waals surface area contributed by atoms with Crippen molar-refractivity contribution in [3.63, 3.8) is 0 Å². The molecule has 0 aliphatic heterocycles. The number of amides is 1. The highest BCUT2D eigenvalue weighted by atomic mass is 32.2. The smallest absolute Gasteiger partial charge is 0.265 e. The van der Waals surface area contributed by atoms with Crippen LogP contribution < -0.4 is 14.8 Å². The fourth-order valence-electron chi connectivity index (χ4n) is 2.67. The molecular weight excluding hydrogens is 408 g/mol. The zero-order valence-electron chi connectivity index (χ0n) is 16.1. The number of nitrogens with one attached hydrogen (secondary N) is 2. The maximum Gasteiger partial charge on any atom is 0.265 e. The van der Waals surface area contributed by atoms with E-state index in [4.69, 9.17) is 4.74 Å². The highest BCUT2D eigenvalue weighted by Crippen LogP contribution is 2.36. The summed E-state index contributed by atoms with van der Waals surface area (Å²) in [6, 6.07) is 18.1. The summed E-state index contributed by atoms with van der Waals surface area (Å²) in [5.74, 6) is 0.190. The summed E-state index contributed by atoms with van der Waals surface area (Å²) < 4.78 is 32.4. The summed E-state index contributed by atoms with van der Waals surface area (Å²) in [4.78, 5) is 14.1. The molecule has 1 amide bonds. The highest BCUT2D eigenvalue weighted by molar-refractivity contribution is 7.89. The molecule has 0 radical (unpaired) electrons. The Labute approximate surface area is 174 Å². The molecule has 3 rings (SSSR count). The van der Waals surface area contributed by atoms with Crippen LogP contribution in [-0.4, -0.2) is 34.5 Å². The van der Waals surface area contributed by atoms with Crippen molar-refractivity contribution >= 4 is 27.3 Å². The lowest BCUT2D eigenvalue weighted by molar-refractivity contribution is 0.0955. The van der Waals surface area contributed by atoms with Crippen LogP contribution in [0.5, 0.6) is 5.75 Å². The zero-order chi connectivity index (χ0) is 20.9. The largest absolute Gasteiger partial charge is 0.495 e. The van der Waals surface area contributed by atoms with E-state index in [1.54, 1.807) is 24.3 Å². The Morgan fingerprint density at radius 3 is 2.38 bits per heavy atom. The van der Waals surface area contributed by atoms with Gasteiger partial charge >= 0.3 is 0 Å². The summed E-state index contributed by atoms with van der Waals surface area (Å²) >= 11 is 1.33. The van der Waals surface area contributed by atoms with Crippen LogP contribution in [0.25, 0.3) is 10.4 Å². The van der Waals surface area contributed by atoms with Crippen molar-refractivity contribution in [1.82, 2.24) is 10.0 Å². The molecule has 1 heterocycles. The van der Waals surface area contributed by atoms with Crippen molar-refractivity contribution in [2.75, 3.05) is 20.2 Å². The van der Waals surface area contributed by atoms with Crippen LogP contribution in [0.3, 0.4) is 0 Å². The van der Waals surface area contributed by atoms with Gasteiger partial charge < -0.3 is 10.1 Å². The van der Waals surface area contributed by atoms with E-state index in [0.717, 1.165) is 16.0 Å². The van der Waals surface area contributed by atoms with Gasteiger partial charge in [-0.1, -0.05) is 48.0 Å². The van der Waals surface area contributed by atoms with Gasteiger partial charge in [-0.2, -0.15) is 0 Å². The van der Waals surface area contributed by atoms with E-state index in [1.165, 1.54) is 18.4 Å². The second kappa shape index (κ2) is 9.21. The second-order valence-electron chi connectivity index (χ2n) is 6.34. The maximum atomic E-state index is 12.5. The van der Waals surface area contributed by atoms with Crippen molar-refractivity contribution < 1.29 is 17.9 Å². The molecule has 152 valence electrons. The Bertz CT molecular complexity index is 1080. The van der Waals surface area contributed by atoms with Crippen LogP contribution in [0.2, 0.25) is 0 Å². The third-order valence-electron chi connectivity index (χ3n) is 4.22. The summed E-state index contributed by atoms with van der Waals surface area (Å²) in [6.07, 6.45) is 0. The monoisotopic (exact) mass is 430 g/mol. The molecule has 1 aromatic heterocycles. The number of aryl methyl sites for hydroxylation is 1. The van der Waals surface area contributed by atoms with Crippen molar-refractivity contribution in [3.05, 3.63) is 71.1 Å². The number of carbonyl (C=O) groups excluding carboxylic acids is 1. The molecule has 2 N–H and O–H groups in total. The van der Waals surface area contributed by atoms with E-state index in [1.807, 2.05) is 43.3 Å². The van der Waals surface area contributed by atoms with Crippen LogP contribution in [0, 0.1) is 6.92 Å². The van der Waals surface area contributed by atoms with Crippen molar-refractivity contribution in [3.8, 4) is 16.2 Å². The first kappa shape index (κ1) is 21.0. The number of thiophene rings is 1. The van der Waals surface area contributed by atoms with Gasteiger partial charge in [0.05, 0.1) is 12.0 Å². The van der Waals surface area contributed by atoms with Crippen molar-refractivity contribution in [2.45, 2.75) is 11.8 Å². The topological polar surface area (TPSA) is 84.5 Å². The number of carbonyl (C=O) groups is 1.